The van der Waals surface area contributed by atoms with E-state index in [1.54, 1.807) is 23.9 Å². The molecule has 29 heavy (non-hydrogen) atoms. The van der Waals surface area contributed by atoms with E-state index in [1.807, 2.05) is 11.6 Å². The summed E-state index contributed by atoms with van der Waals surface area (Å²) >= 11 is 3.05. The normalized spacial score (nSPS) is 18.3. The highest BCUT2D eigenvalue weighted by Gasteiger charge is 2.23. The lowest BCUT2D eigenvalue weighted by Gasteiger charge is -2.30. The zero-order valence-corrected chi connectivity index (χ0v) is 18.5. The number of anilines is 1. The topological polar surface area (TPSA) is 87.5 Å². The van der Waals surface area contributed by atoms with Crippen molar-refractivity contribution in [2.24, 2.45) is 5.92 Å². The summed E-state index contributed by atoms with van der Waals surface area (Å²) in [6, 6.07) is 2.58. The van der Waals surface area contributed by atoms with Crippen LogP contribution in [-0.2, 0) is 11.3 Å². The van der Waals surface area contributed by atoms with Crippen LogP contribution in [-0.4, -0.2) is 52.8 Å². The molecule has 2 amide bonds. The predicted molar refractivity (Wildman–Crippen MR) is 117 cm³/mol. The van der Waals surface area contributed by atoms with Gasteiger partial charge in [-0.25, -0.2) is 4.98 Å². The number of thiazole rings is 1. The zero-order valence-electron chi connectivity index (χ0n) is 16.8. The number of carbonyl (C=O) groups is 2. The van der Waals surface area contributed by atoms with E-state index in [4.69, 9.17) is 4.42 Å². The van der Waals surface area contributed by atoms with Gasteiger partial charge in [0.25, 0.3) is 5.91 Å². The highest BCUT2D eigenvalue weighted by Crippen LogP contribution is 2.21. The summed E-state index contributed by atoms with van der Waals surface area (Å²) in [4.78, 5) is 32.0. The molecule has 0 saturated carbocycles. The Kier molecular flexibility index (Phi) is 8.14. The quantitative estimate of drug-likeness (QED) is 0.626. The van der Waals surface area contributed by atoms with Crippen molar-refractivity contribution in [3.63, 3.8) is 0 Å². The number of nitrogens with one attached hydrogen (secondary N) is 2. The van der Waals surface area contributed by atoms with E-state index in [9.17, 15) is 9.59 Å². The fourth-order valence-electron chi connectivity index (χ4n) is 3.43. The van der Waals surface area contributed by atoms with Crippen molar-refractivity contribution in [3.8, 4) is 0 Å². The number of aromatic nitrogens is 1. The number of furan rings is 1. The van der Waals surface area contributed by atoms with Crippen molar-refractivity contribution in [2.75, 3.05) is 30.4 Å². The number of carbonyl (C=O) groups excluding carboxylic acids is 2. The average Bonchev–Trinajstić information content (AvgIpc) is 3.37. The van der Waals surface area contributed by atoms with Gasteiger partial charge in [0.15, 0.2) is 10.9 Å². The molecule has 2 atom stereocenters. The molecule has 1 fully saturated rings. The fourth-order valence-corrected chi connectivity index (χ4v) is 4.61. The van der Waals surface area contributed by atoms with E-state index in [-0.39, 0.29) is 11.7 Å². The van der Waals surface area contributed by atoms with E-state index in [1.165, 1.54) is 30.4 Å². The number of rotatable bonds is 9. The third kappa shape index (κ3) is 6.58. The number of hydrogen-bond donors (Lipinski definition) is 2. The van der Waals surface area contributed by atoms with Crippen molar-refractivity contribution < 1.29 is 14.0 Å². The van der Waals surface area contributed by atoms with Crippen LogP contribution in [0.1, 0.15) is 42.4 Å². The molecule has 7 nitrogen and oxygen atoms in total. The van der Waals surface area contributed by atoms with Crippen LogP contribution in [0.5, 0.6) is 0 Å². The van der Waals surface area contributed by atoms with Gasteiger partial charge in [0.1, 0.15) is 6.04 Å². The van der Waals surface area contributed by atoms with Crippen molar-refractivity contribution >= 4 is 40.0 Å². The molecule has 1 saturated heterocycles. The van der Waals surface area contributed by atoms with Crippen molar-refractivity contribution in [1.29, 1.82) is 0 Å². The Balaban J connectivity index is 1.57. The molecule has 9 heteroatoms. The van der Waals surface area contributed by atoms with Crippen LogP contribution in [0.2, 0.25) is 0 Å². The van der Waals surface area contributed by atoms with E-state index >= 15 is 0 Å². The first-order valence-electron chi connectivity index (χ1n) is 9.86. The monoisotopic (exact) mass is 436 g/mol. The van der Waals surface area contributed by atoms with Gasteiger partial charge in [-0.15, -0.1) is 11.3 Å². The van der Waals surface area contributed by atoms with Gasteiger partial charge in [-0.2, -0.15) is 11.8 Å². The number of amides is 2. The van der Waals surface area contributed by atoms with Crippen LogP contribution in [0, 0.1) is 5.92 Å². The van der Waals surface area contributed by atoms with Crippen LogP contribution >= 0.6 is 23.1 Å². The molecule has 1 aliphatic heterocycles. The van der Waals surface area contributed by atoms with E-state index in [0.29, 0.717) is 11.6 Å². The van der Waals surface area contributed by atoms with Crippen molar-refractivity contribution in [3.05, 3.63) is 35.2 Å². The van der Waals surface area contributed by atoms with Crippen molar-refractivity contribution in [2.45, 2.75) is 38.8 Å². The summed E-state index contributed by atoms with van der Waals surface area (Å²) in [6.45, 7) is 5.28. The Labute approximate surface area is 179 Å². The predicted octanol–water partition coefficient (Wildman–Crippen LogP) is 3.46. The molecule has 1 aliphatic rings. The Morgan fingerprint density at radius 3 is 3.07 bits per heavy atom. The largest absolute Gasteiger partial charge is 0.459 e. The molecule has 0 bridgehead atoms. The van der Waals surface area contributed by atoms with Gasteiger partial charge in [-0.3, -0.25) is 14.5 Å². The number of hydrogen-bond acceptors (Lipinski definition) is 7. The fraction of sp³-hybridized carbons (Fsp3) is 0.550. The summed E-state index contributed by atoms with van der Waals surface area (Å²) in [6.07, 6.45) is 6.45. The molecule has 2 aromatic rings. The van der Waals surface area contributed by atoms with Gasteiger partial charge in [-0.05, 0) is 55.9 Å². The molecular weight excluding hydrogens is 408 g/mol. The first kappa shape index (κ1) is 21.9. The summed E-state index contributed by atoms with van der Waals surface area (Å²) in [5, 5.41) is 8.18. The highest BCUT2D eigenvalue weighted by atomic mass is 32.2. The summed E-state index contributed by atoms with van der Waals surface area (Å²) in [5.74, 6) is 1.02. The molecule has 3 heterocycles. The Morgan fingerprint density at radius 2 is 2.34 bits per heavy atom. The highest BCUT2D eigenvalue weighted by molar-refractivity contribution is 7.98. The second kappa shape index (κ2) is 10.8. The number of likely N-dealkylation sites (tertiary alicyclic amines) is 1. The molecule has 0 unspecified atom stereocenters. The third-order valence-electron chi connectivity index (χ3n) is 4.89. The Bertz CT molecular complexity index is 794. The zero-order chi connectivity index (χ0) is 20.6. The molecule has 2 N–H and O–H groups in total. The van der Waals surface area contributed by atoms with E-state index in [0.717, 1.165) is 37.0 Å². The van der Waals surface area contributed by atoms with E-state index < -0.39 is 11.9 Å². The van der Waals surface area contributed by atoms with Crippen LogP contribution in [0.4, 0.5) is 5.13 Å². The van der Waals surface area contributed by atoms with E-state index in [2.05, 4.69) is 27.4 Å². The van der Waals surface area contributed by atoms with Gasteiger partial charge in [0.2, 0.25) is 5.91 Å². The minimum absolute atomic E-state index is 0.194. The van der Waals surface area contributed by atoms with Gasteiger partial charge < -0.3 is 15.1 Å². The van der Waals surface area contributed by atoms with Crippen LogP contribution < -0.4 is 10.6 Å². The lowest BCUT2D eigenvalue weighted by atomic mass is 10.0. The molecule has 0 aliphatic carbocycles. The molecule has 158 valence electrons. The average molecular weight is 437 g/mol. The molecular formula is C20H28N4O3S2. The Morgan fingerprint density at radius 1 is 1.48 bits per heavy atom. The van der Waals surface area contributed by atoms with Gasteiger partial charge in [0.05, 0.1) is 12.0 Å². The second-order valence-electron chi connectivity index (χ2n) is 7.40. The van der Waals surface area contributed by atoms with Crippen LogP contribution in [0.15, 0.2) is 28.2 Å². The first-order chi connectivity index (χ1) is 14.0. The van der Waals surface area contributed by atoms with Gasteiger partial charge >= 0.3 is 0 Å². The lowest BCUT2D eigenvalue weighted by molar-refractivity contribution is -0.118. The maximum Gasteiger partial charge on any atom is 0.287 e. The molecule has 0 radical (unpaired) electrons. The molecule has 2 aromatic heterocycles. The molecule has 0 spiro atoms. The SMILES string of the molecule is CSCC[C@@H](NC(=O)c1ccco1)C(=O)Nc1nc(CN2CCC[C@@H](C)C2)cs1. The smallest absolute Gasteiger partial charge is 0.287 e. The maximum absolute atomic E-state index is 12.8. The number of nitrogens with zero attached hydrogens (tertiary/aromatic N) is 2. The maximum atomic E-state index is 12.8. The Hall–Kier alpha value is -1.84. The minimum Gasteiger partial charge on any atom is -0.459 e. The minimum atomic E-state index is -0.643. The van der Waals surface area contributed by atoms with Crippen molar-refractivity contribution in [1.82, 2.24) is 15.2 Å². The second-order valence-corrected chi connectivity index (χ2v) is 9.24. The van der Waals surface area contributed by atoms with Crippen LogP contribution in [0.3, 0.4) is 0 Å². The van der Waals surface area contributed by atoms with Gasteiger partial charge in [-0.1, -0.05) is 6.92 Å². The summed E-state index contributed by atoms with van der Waals surface area (Å²) < 4.78 is 5.12. The lowest BCUT2D eigenvalue weighted by Crippen LogP contribution is -2.44. The van der Waals surface area contributed by atoms with Crippen LogP contribution in [0.25, 0.3) is 0 Å². The molecule has 0 aromatic carbocycles. The molecule has 3 rings (SSSR count). The van der Waals surface area contributed by atoms with Gasteiger partial charge in [0, 0.05) is 18.5 Å². The standard InChI is InChI=1S/C20H28N4O3S2/c1-14-5-3-8-24(11-14)12-15-13-29-20(21-15)23-18(25)16(7-10-28-2)22-19(26)17-6-4-9-27-17/h4,6,9,13-14,16H,3,5,7-8,10-12H2,1-2H3,(H,22,26)(H,21,23,25)/t14-,16-/m1/s1. The summed E-state index contributed by atoms with van der Waals surface area (Å²) in [5.41, 5.74) is 0.972. The first-order valence-corrected chi connectivity index (χ1v) is 12.1. The summed E-state index contributed by atoms with van der Waals surface area (Å²) in [7, 11) is 0. The third-order valence-corrected chi connectivity index (χ3v) is 6.34. The number of thioether (sulfide) groups is 1. The number of piperidine rings is 1.